The number of ether oxygens (including phenoxy) is 1. The van der Waals surface area contributed by atoms with Gasteiger partial charge in [-0.3, -0.25) is 4.79 Å². The topological polar surface area (TPSA) is 91.8 Å². The summed E-state index contributed by atoms with van der Waals surface area (Å²) in [5, 5.41) is 2.85. The first kappa shape index (κ1) is 23.7. The Morgan fingerprint density at radius 1 is 1.06 bits per heavy atom. The third-order valence-corrected chi connectivity index (χ3v) is 8.03. The SMILES string of the molecule is CC1CN(c2ccc(CNC(=O)c3ccccc3S(=O)(=O)N3CCCCC3)cn2)CC(C)O1. The molecule has 0 bridgehead atoms. The molecule has 0 aliphatic carbocycles. The van der Waals surface area contributed by atoms with Gasteiger partial charge in [0.05, 0.1) is 22.7 Å². The predicted molar refractivity (Wildman–Crippen MR) is 127 cm³/mol. The number of pyridine rings is 1. The lowest BCUT2D eigenvalue weighted by molar-refractivity contribution is -0.00546. The van der Waals surface area contributed by atoms with Crippen LogP contribution in [0, 0.1) is 0 Å². The first-order valence-corrected chi connectivity index (χ1v) is 13.0. The Hall–Kier alpha value is -2.49. The quantitative estimate of drug-likeness (QED) is 0.695. The molecule has 33 heavy (non-hydrogen) atoms. The molecule has 3 heterocycles. The molecular formula is C24H32N4O4S. The van der Waals surface area contributed by atoms with E-state index in [4.69, 9.17) is 4.74 Å². The Morgan fingerprint density at radius 3 is 2.42 bits per heavy atom. The number of nitrogens with zero attached hydrogens (tertiary/aromatic N) is 3. The van der Waals surface area contributed by atoms with Crippen molar-refractivity contribution in [3.05, 3.63) is 53.7 Å². The van der Waals surface area contributed by atoms with Gasteiger partial charge in [-0.15, -0.1) is 0 Å². The van der Waals surface area contributed by atoms with Crippen molar-refractivity contribution in [3.63, 3.8) is 0 Å². The molecular weight excluding hydrogens is 440 g/mol. The van der Waals surface area contributed by atoms with Crippen LogP contribution in [0.1, 0.15) is 49.0 Å². The van der Waals surface area contributed by atoms with Crippen LogP contribution in [0.4, 0.5) is 5.82 Å². The lowest BCUT2D eigenvalue weighted by Gasteiger charge is -2.36. The van der Waals surface area contributed by atoms with Crippen molar-refractivity contribution in [1.29, 1.82) is 0 Å². The summed E-state index contributed by atoms with van der Waals surface area (Å²) >= 11 is 0. The van der Waals surface area contributed by atoms with Crippen LogP contribution >= 0.6 is 0 Å². The smallest absolute Gasteiger partial charge is 0.252 e. The highest BCUT2D eigenvalue weighted by atomic mass is 32.2. The standard InChI is InChI=1S/C24H32N4O4S/c1-18-16-27(17-19(2)32-18)23-11-10-20(14-25-23)15-26-24(29)21-8-4-5-9-22(21)33(30,31)28-12-6-3-7-13-28/h4-5,8-11,14,18-19H,3,6-7,12-13,15-17H2,1-2H3,(H,26,29). The number of sulfonamides is 1. The summed E-state index contributed by atoms with van der Waals surface area (Å²) < 4.78 is 33.5. The summed E-state index contributed by atoms with van der Waals surface area (Å²) in [6.07, 6.45) is 4.77. The van der Waals surface area contributed by atoms with Gasteiger partial charge in [0.2, 0.25) is 10.0 Å². The molecule has 1 amide bonds. The third kappa shape index (κ3) is 5.54. The third-order valence-electron chi connectivity index (χ3n) is 6.07. The Labute approximate surface area is 196 Å². The van der Waals surface area contributed by atoms with Gasteiger partial charge in [0.25, 0.3) is 5.91 Å². The van der Waals surface area contributed by atoms with Crippen LogP contribution in [-0.2, 0) is 21.3 Å². The van der Waals surface area contributed by atoms with Gasteiger partial charge in [0.15, 0.2) is 0 Å². The fourth-order valence-electron chi connectivity index (χ4n) is 4.47. The van der Waals surface area contributed by atoms with Gasteiger partial charge in [-0.25, -0.2) is 13.4 Å². The zero-order valence-electron chi connectivity index (χ0n) is 19.2. The Kier molecular flexibility index (Phi) is 7.31. The van der Waals surface area contributed by atoms with E-state index in [1.165, 1.54) is 10.4 Å². The molecule has 2 atom stereocenters. The second-order valence-corrected chi connectivity index (χ2v) is 10.7. The van der Waals surface area contributed by atoms with E-state index < -0.39 is 15.9 Å². The molecule has 0 radical (unpaired) electrons. The fourth-order valence-corrected chi connectivity index (χ4v) is 6.18. The van der Waals surface area contributed by atoms with Crippen molar-refractivity contribution < 1.29 is 17.9 Å². The highest BCUT2D eigenvalue weighted by molar-refractivity contribution is 7.89. The van der Waals surface area contributed by atoms with Gasteiger partial charge in [0.1, 0.15) is 5.82 Å². The average Bonchev–Trinajstić information content (AvgIpc) is 2.83. The molecule has 9 heteroatoms. The molecule has 2 aliphatic heterocycles. The summed E-state index contributed by atoms with van der Waals surface area (Å²) in [4.78, 5) is 19.7. The zero-order valence-corrected chi connectivity index (χ0v) is 20.1. The van der Waals surface area contributed by atoms with E-state index in [2.05, 4.69) is 29.0 Å². The van der Waals surface area contributed by atoms with Gasteiger partial charge in [-0.05, 0) is 50.5 Å². The number of anilines is 1. The molecule has 0 saturated carbocycles. The zero-order chi connectivity index (χ0) is 23.4. The van der Waals surface area contributed by atoms with Crippen LogP contribution in [-0.4, -0.2) is 62.0 Å². The maximum atomic E-state index is 13.1. The van der Waals surface area contributed by atoms with E-state index >= 15 is 0 Å². The van der Waals surface area contributed by atoms with E-state index in [9.17, 15) is 13.2 Å². The molecule has 0 spiro atoms. The number of carbonyl (C=O) groups excluding carboxylic acids is 1. The highest BCUT2D eigenvalue weighted by Crippen LogP contribution is 2.24. The minimum absolute atomic E-state index is 0.0634. The highest BCUT2D eigenvalue weighted by Gasteiger charge is 2.29. The number of nitrogens with one attached hydrogen (secondary N) is 1. The van der Waals surface area contributed by atoms with Crippen molar-refractivity contribution in [1.82, 2.24) is 14.6 Å². The van der Waals surface area contributed by atoms with Crippen molar-refractivity contribution in [3.8, 4) is 0 Å². The second-order valence-electron chi connectivity index (χ2n) is 8.83. The molecule has 178 valence electrons. The Morgan fingerprint density at radius 2 is 1.76 bits per heavy atom. The summed E-state index contributed by atoms with van der Waals surface area (Å²) in [5.41, 5.74) is 1.02. The summed E-state index contributed by atoms with van der Waals surface area (Å²) in [7, 11) is -3.70. The van der Waals surface area contributed by atoms with Crippen molar-refractivity contribution >= 4 is 21.7 Å². The molecule has 1 aromatic heterocycles. The molecule has 1 N–H and O–H groups in total. The van der Waals surface area contributed by atoms with Crippen LogP contribution in [0.25, 0.3) is 0 Å². The van der Waals surface area contributed by atoms with E-state index in [1.807, 2.05) is 12.1 Å². The number of benzene rings is 1. The number of morpholine rings is 1. The van der Waals surface area contributed by atoms with Gasteiger partial charge < -0.3 is 15.0 Å². The number of carbonyl (C=O) groups is 1. The Balaban J connectivity index is 1.42. The molecule has 1 aromatic carbocycles. The summed E-state index contributed by atoms with van der Waals surface area (Å²) in [5.74, 6) is 0.469. The number of piperidine rings is 1. The maximum absolute atomic E-state index is 13.1. The second kappa shape index (κ2) is 10.2. The number of amides is 1. The lowest BCUT2D eigenvalue weighted by Crippen LogP contribution is -2.45. The monoisotopic (exact) mass is 472 g/mol. The molecule has 2 aromatic rings. The predicted octanol–water partition coefficient (Wildman–Crippen LogP) is 2.80. The normalized spacial score (nSPS) is 22.2. The largest absolute Gasteiger partial charge is 0.372 e. The van der Waals surface area contributed by atoms with Crippen molar-refractivity contribution in [2.24, 2.45) is 0 Å². The van der Waals surface area contributed by atoms with Crippen LogP contribution in [0.2, 0.25) is 0 Å². The lowest BCUT2D eigenvalue weighted by atomic mass is 10.2. The first-order valence-electron chi connectivity index (χ1n) is 11.6. The minimum Gasteiger partial charge on any atom is -0.372 e. The van der Waals surface area contributed by atoms with Crippen LogP contribution in [0.3, 0.4) is 0 Å². The number of hydrogen-bond donors (Lipinski definition) is 1. The van der Waals surface area contributed by atoms with E-state index in [0.29, 0.717) is 13.1 Å². The van der Waals surface area contributed by atoms with Crippen molar-refractivity contribution in [2.75, 3.05) is 31.1 Å². The molecule has 8 nitrogen and oxygen atoms in total. The molecule has 2 saturated heterocycles. The van der Waals surface area contributed by atoms with Crippen molar-refractivity contribution in [2.45, 2.75) is 56.8 Å². The van der Waals surface area contributed by atoms with Gasteiger partial charge in [0, 0.05) is 38.9 Å². The van der Waals surface area contributed by atoms with Gasteiger partial charge in [-0.1, -0.05) is 24.6 Å². The first-order chi connectivity index (χ1) is 15.8. The van der Waals surface area contributed by atoms with E-state index in [1.54, 1.807) is 24.4 Å². The van der Waals surface area contributed by atoms with E-state index in [0.717, 1.165) is 43.7 Å². The van der Waals surface area contributed by atoms with Crippen LogP contribution < -0.4 is 10.2 Å². The van der Waals surface area contributed by atoms with Crippen LogP contribution in [0.15, 0.2) is 47.5 Å². The fraction of sp³-hybridized carbons (Fsp3) is 0.500. The summed E-state index contributed by atoms with van der Waals surface area (Å²) in [6, 6.07) is 10.3. The average molecular weight is 473 g/mol. The minimum atomic E-state index is -3.70. The number of hydrogen-bond acceptors (Lipinski definition) is 6. The number of aromatic nitrogens is 1. The van der Waals surface area contributed by atoms with E-state index in [-0.39, 0.29) is 29.2 Å². The number of rotatable bonds is 6. The Bertz CT molecular complexity index is 1060. The summed E-state index contributed by atoms with van der Waals surface area (Å²) in [6.45, 7) is 6.94. The van der Waals surface area contributed by atoms with Crippen LogP contribution in [0.5, 0.6) is 0 Å². The van der Waals surface area contributed by atoms with Gasteiger partial charge >= 0.3 is 0 Å². The molecule has 2 aliphatic rings. The molecule has 2 fully saturated rings. The molecule has 2 unspecified atom stereocenters. The van der Waals surface area contributed by atoms with Gasteiger partial charge in [-0.2, -0.15) is 4.31 Å². The molecule has 4 rings (SSSR count). The maximum Gasteiger partial charge on any atom is 0.252 e.